The molecule has 0 saturated carbocycles. The van der Waals surface area contributed by atoms with E-state index in [9.17, 15) is 13.2 Å². The van der Waals surface area contributed by atoms with Crippen LogP contribution in [0.4, 0.5) is 11.4 Å². The van der Waals surface area contributed by atoms with Crippen molar-refractivity contribution >= 4 is 50.4 Å². The van der Waals surface area contributed by atoms with Crippen molar-refractivity contribution < 1.29 is 17.9 Å². The summed E-state index contributed by atoms with van der Waals surface area (Å²) in [4.78, 5) is 13.9. The van der Waals surface area contributed by atoms with E-state index in [1.807, 2.05) is 31.4 Å². The number of amides is 1. The van der Waals surface area contributed by atoms with E-state index >= 15 is 0 Å². The second-order valence-electron chi connectivity index (χ2n) is 6.20. The lowest BCUT2D eigenvalue weighted by Gasteiger charge is -2.20. The molecule has 30 heavy (non-hydrogen) atoms. The summed E-state index contributed by atoms with van der Waals surface area (Å²) < 4.78 is 33.0. The van der Waals surface area contributed by atoms with E-state index in [4.69, 9.17) is 4.74 Å². The molecule has 0 saturated heterocycles. The third-order valence-electron chi connectivity index (χ3n) is 4.31. The van der Waals surface area contributed by atoms with Gasteiger partial charge in [-0.15, -0.1) is 23.1 Å². The van der Waals surface area contributed by atoms with Gasteiger partial charge in [0.1, 0.15) is 15.5 Å². The number of thiophene rings is 1. The van der Waals surface area contributed by atoms with Crippen LogP contribution in [0.1, 0.15) is 16.6 Å². The molecule has 0 aliphatic carbocycles. The van der Waals surface area contributed by atoms with Crippen LogP contribution < -0.4 is 14.4 Å². The second kappa shape index (κ2) is 9.55. The summed E-state index contributed by atoms with van der Waals surface area (Å²) in [7, 11) is -2.45. The zero-order valence-corrected chi connectivity index (χ0v) is 19.2. The standard InChI is InChI=1S/C21H22N2O4S3/c1-4-27-17-10-8-16(9-11-17)23(2)30(25,26)19-12-13-29-20(19)21(24)22-15-6-5-7-18(14-15)28-3/h5-14H,4H2,1-3H3,(H,22,24). The molecule has 0 unspecified atom stereocenters. The number of anilines is 2. The molecule has 0 bridgehead atoms. The van der Waals surface area contributed by atoms with Crippen LogP contribution in [0.25, 0.3) is 0 Å². The molecule has 1 N–H and O–H groups in total. The van der Waals surface area contributed by atoms with Crippen LogP contribution in [0.2, 0.25) is 0 Å². The summed E-state index contributed by atoms with van der Waals surface area (Å²) in [6.45, 7) is 2.41. The Morgan fingerprint density at radius 3 is 2.57 bits per heavy atom. The average Bonchev–Trinajstić information content (AvgIpc) is 3.25. The van der Waals surface area contributed by atoms with Gasteiger partial charge in [0.05, 0.1) is 12.3 Å². The lowest BCUT2D eigenvalue weighted by atomic mass is 10.3. The first kappa shape index (κ1) is 22.2. The zero-order chi connectivity index (χ0) is 21.7. The number of nitrogens with zero attached hydrogens (tertiary/aromatic N) is 1. The SMILES string of the molecule is CCOc1ccc(N(C)S(=O)(=O)c2ccsc2C(=O)Nc2cccc(SC)c2)cc1. The van der Waals surface area contributed by atoms with E-state index in [1.165, 1.54) is 13.1 Å². The van der Waals surface area contributed by atoms with Crippen molar-refractivity contribution in [3.63, 3.8) is 0 Å². The molecule has 0 aliphatic heterocycles. The predicted molar refractivity (Wildman–Crippen MR) is 124 cm³/mol. The molecule has 9 heteroatoms. The zero-order valence-electron chi connectivity index (χ0n) is 16.8. The number of carbonyl (C=O) groups excluding carboxylic acids is 1. The van der Waals surface area contributed by atoms with Crippen molar-refractivity contribution in [1.29, 1.82) is 0 Å². The Labute approximate surface area is 184 Å². The molecular formula is C21H22N2O4S3. The van der Waals surface area contributed by atoms with E-state index in [0.29, 0.717) is 23.7 Å². The summed E-state index contributed by atoms with van der Waals surface area (Å²) in [6, 6.07) is 15.6. The van der Waals surface area contributed by atoms with Crippen molar-refractivity contribution in [2.75, 3.05) is 29.5 Å². The number of ether oxygens (including phenoxy) is 1. The van der Waals surface area contributed by atoms with Gasteiger partial charge in [0.25, 0.3) is 15.9 Å². The van der Waals surface area contributed by atoms with Crippen LogP contribution >= 0.6 is 23.1 Å². The number of benzene rings is 2. The van der Waals surface area contributed by atoms with Gasteiger partial charge in [-0.3, -0.25) is 9.10 Å². The Morgan fingerprint density at radius 1 is 1.17 bits per heavy atom. The number of carbonyl (C=O) groups is 1. The Bertz CT molecular complexity index is 1130. The van der Waals surface area contributed by atoms with E-state index in [-0.39, 0.29) is 9.77 Å². The first-order valence-electron chi connectivity index (χ1n) is 9.11. The Balaban J connectivity index is 1.85. The summed E-state index contributed by atoms with van der Waals surface area (Å²) >= 11 is 2.65. The van der Waals surface area contributed by atoms with E-state index < -0.39 is 15.9 Å². The highest BCUT2D eigenvalue weighted by atomic mass is 32.2. The van der Waals surface area contributed by atoms with Gasteiger partial charge in [0.2, 0.25) is 0 Å². The van der Waals surface area contributed by atoms with Crippen LogP contribution in [0.15, 0.2) is 69.8 Å². The highest BCUT2D eigenvalue weighted by Crippen LogP contribution is 2.30. The Morgan fingerprint density at radius 2 is 1.90 bits per heavy atom. The molecular weight excluding hydrogens is 440 g/mol. The van der Waals surface area contributed by atoms with Crippen molar-refractivity contribution in [3.05, 3.63) is 64.9 Å². The maximum Gasteiger partial charge on any atom is 0.267 e. The molecule has 0 atom stereocenters. The molecule has 0 aliphatic rings. The molecule has 0 fully saturated rings. The molecule has 0 radical (unpaired) electrons. The third-order valence-corrected chi connectivity index (χ3v) is 7.91. The highest BCUT2D eigenvalue weighted by molar-refractivity contribution is 7.98. The maximum atomic E-state index is 13.2. The molecule has 158 valence electrons. The third kappa shape index (κ3) is 4.80. The molecule has 1 amide bonds. The fourth-order valence-electron chi connectivity index (χ4n) is 2.76. The molecule has 1 aromatic heterocycles. The lowest BCUT2D eigenvalue weighted by molar-refractivity contribution is 0.102. The van der Waals surface area contributed by atoms with Gasteiger partial charge in [0, 0.05) is 17.6 Å². The fraction of sp³-hybridized carbons (Fsp3) is 0.190. The van der Waals surface area contributed by atoms with E-state index in [2.05, 4.69) is 5.32 Å². The molecule has 2 aromatic carbocycles. The Hall–Kier alpha value is -2.49. The molecule has 6 nitrogen and oxygen atoms in total. The molecule has 0 spiro atoms. The van der Waals surface area contributed by atoms with Gasteiger partial charge in [-0.25, -0.2) is 8.42 Å². The minimum absolute atomic E-state index is 0.0256. The van der Waals surface area contributed by atoms with Crippen LogP contribution in [-0.2, 0) is 10.0 Å². The monoisotopic (exact) mass is 462 g/mol. The normalized spacial score (nSPS) is 11.2. The van der Waals surface area contributed by atoms with Crippen molar-refractivity contribution in [2.45, 2.75) is 16.7 Å². The van der Waals surface area contributed by atoms with Gasteiger partial charge >= 0.3 is 0 Å². The van der Waals surface area contributed by atoms with Gasteiger partial charge in [0.15, 0.2) is 0 Å². The fourth-order valence-corrected chi connectivity index (χ4v) is 5.71. The summed E-state index contributed by atoms with van der Waals surface area (Å²) in [6.07, 6.45) is 1.95. The molecule has 3 aromatic rings. The topological polar surface area (TPSA) is 75.7 Å². The van der Waals surface area contributed by atoms with Gasteiger partial charge in [-0.05, 0) is 67.1 Å². The number of nitrogens with one attached hydrogen (secondary N) is 1. The largest absolute Gasteiger partial charge is 0.494 e. The van der Waals surface area contributed by atoms with Gasteiger partial charge < -0.3 is 10.1 Å². The number of rotatable bonds is 8. The number of sulfonamides is 1. The Kier molecular flexibility index (Phi) is 7.06. The van der Waals surface area contributed by atoms with Gasteiger partial charge in [-0.1, -0.05) is 6.07 Å². The van der Waals surface area contributed by atoms with E-state index in [0.717, 1.165) is 20.5 Å². The van der Waals surface area contributed by atoms with Crippen LogP contribution in [-0.4, -0.2) is 34.2 Å². The lowest BCUT2D eigenvalue weighted by Crippen LogP contribution is -2.28. The van der Waals surface area contributed by atoms with Crippen LogP contribution in [0.3, 0.4) is 0 Å². The van der Waals surface area contributed by atoms with Crippen LogP contribution in [0.5, 0.6) is 5.75 Å². The average molecular weight is 463 g/mol. The van der Waals surface area contributed by atoms with Crippen molar-refractivity contribution in [2.24, 2.45) is 0 Å². The predicted octanol–water partition coefficient (Wildman–Crippen LogP) is 4.95. The van der Waals surface area contributed by atoms with Gasteiger partial charge in [-0.2, -0.15) is 0 Å². The minimum Gasteiger partial charge on any atom is -0.494 e. The smallest absolute Gasteiger partial charge is 0.267 e. The summed E-state index contributed by atoms with van der Waals surface area (Å²) in [5.74, 6) is 0.206. The number of hydrogen-bond donors (Lipinski definition) is 1. The van der Waals surface area contributed by atoms with Crippen LogP contribution in [0, 0.1) is 0 Å². The first-order valence-corrected chi connectivity index (χ1v) is 12.7. The van der Waals surface area contributed by atoms with Crippen molar-refractivity contribution in [1.82, 2.24) is 0 Å². The summed E-state index contributed by atoms with van der Waals surface area (Å²) in [5, 5.41) is 4.39. The summed E-state index contributed by atoms with van der Waals surface area (Å²) in [5.41, 5.74) is 1.09. The second-order valence-corrected chi connectivity index (χ2v) is 9.93. The maximum absolute atomic E-state index is 13.2. The minimum atomic E-state index is -3.92. The number of thioether (sulfide) groups is 1. The molecule has 1 heterocycles. The van der Waals surface area contributed by atoms with Crippen molar-refractivity contribution in [3.8, 4) is 5.75 Å². The quantitative estimate of drug-likeness (QED) is 0.480. The molecule has 3 rings (SSSR count). The first-order chi connectivity index (χ1) is 14.4. The number of hydrogen-bond acceptors (Lipinski definition) is 6. The van der Waals surface area contributed by atoms with E-state index in [1.54, 1.807) is 47.5 Å². The highest BCUT2D eigenvalue weighted by Gasteiger charge is 2.28.